The summed E-state index contributed by atoms with van der Waals surface area (Å²) < 4.78 is 26.3. The molecule has 1 heterocycles. The molecular weight excluding hydrogens is 232 g/mol. The molecule has 2 unspecified atom stereocenters. The Morgan fingerprint density at radius 3 is 2.80 bits per heavy atom. The predicted molar refractivity (Wildman–Crippen MR) is 60.1 cm³/mol. The van der Waals surface area contributed by atoms with Crippen LogP contribution in [-0.2, 0) is 16.6 Å². The van der Waals surface area contributed by atoms with Gasteiger partial charge < -0.3 is 5.73 Å². The van der Waals surface area contributed by atoms with E-state index in [0.717, 1.165) is 11.3 Å². The highest BCUT2D eigenvalue weighted by Crippen LogP contribution is 2.31. The second-order valence-electron chi connectivity index (χ2n) is 3.89. The molecule has 0 radical (unpaired) electrons. The summed E-state index contributed by atoms with van der Waals surface area (Å²) in [6.45, 7) is 2.42. The van der Waals surface area contributed by atoms with Crippen LogP contribution in [0.15, 0.2) is 16.3 Å². The average molecular weight is 246 g/mol. The molecule has 1 aliphatic carbocycles. The first-order valence-electron chi connectivity index (χ1n) is 4.83. The molecule has 6 heteroatoms. The maximum atomic E-state index is 11.8. The zero-order chi connectivity index (χ0) is 11.1. The van der Waals surface area contributed by atoms with Gasteiger partial charge >= 0.3 is 0 Å². The minimum absolute atomic E-state index is 0.122. The van der Waals surface area contributed by atoms with E-state index in [4.69, 9.17) is 5.73 Å². The van der Waals surface area contributed by atoms with E-state index < -0.39 is 10.0 Å². The third-order valence-electron chi connectivity index (χ3n) is 2.56. The van der Waals surface area contributed by atoms with Gasteiger partial charge in [-0.05, 0) is 18.4 Å². The van der Waals surface area contributed by atoms with Crippen LogP contribution in [0.2, 0.25) is 0 Å². The van der Waals surface area contributed by atoms with E-state index in [1.165, 1.54) is 11.3 Å². The van der Waals surface area contributed by atoms with Crippen molar-refractivity contribution in [2.24, 2.45) is 11.7 Å². The van der Waals surface area contributed by atoms with Crippen LogP contribution in [0.3, 0.4) is 0 Å². The summed E-state index contributed by atoms with van der Waals surface area (Å²) in [5.74, 6) is 0.465. The highest BCUT2D eigenvalue weighted by Gasteiger charge is 2.36. The number of sulfonamides is 1. The SMILES string of the molecule is CC1CC1NS(=O)(=O)c1csc(CN)c1. The van der Waals surface area contributed by atoms with Crippen molar-refractivity contribution in [3.63, 3.8) is 0 Å². The van der Waals surface area contributed by atoms with Crippen molar-refractivity contribution in [1.29, 1.82) is 0 Å². The van der Waals surface area contributed by atoms with Gasteiger partial charge in [0.25, 0.3) is 0 Å². The van der Waals surface area contributed by atoms with E-state index in [-0.39, 0.29) is 6.04 Å². The molecular formula is C9H14N2O2S2. The fourth-order valence-corrected chi connectivity index (χ4v) is 3.88. The average Bonchev–Trinajstić information content (AvgIpc) is 2.72. The van der Waals surface area contributed by atoms with Crippen molar-refractivity contribution in [3.8, 4) is 0 Å². The third-order valence-corrected chi connectivity index (χ3v) is 5.13. The highest BCUT2D eigenvalue weighted by atomic mass is 32.2. The van der Waals surface area contributed by atoms with E-state index in [9.17, 15) is 8.42 Å². The molecule has 1 aliphatic rings. The Hall–Kier alpha value is -0.430. The topological polar surface area (TPSA) is 72.2 Å². The summed E-state index contributed by atoms with van der Waals surface area (Å²) in [6, 6.07) is 1.76. The minimum atomic E-state index is -3.31. The molecule has 1 aromatic heterocycles. The molecule has 15 heavy (non-hydrogen) atoms. The van der Waals surface area contributed by atoms with Crippen LogP contribution < -0.4 is 10.5 Å². The molecule has 0 aromatic carbocycles. The summed E-state index contributed by atoms with van der Waals surface area (Å²) in [5.41, 5.74) is 5.44. The fourth-order valence-electron chi connectivity index (χ4n) is 1.36. The van der Waals surface area contributed by atoms with E-state index in [1.54, 1.807) is 11.4 Å². The van der Waals surface area contributed by atoms with Gasteiger partial charge in [-0.3, -0.25) is 0 Å². The van der Waals surface area contributed by atoms with Gasteiger partial charge in [-0.2, -0.15) is 0 Å². The molecule has 1 fully saturated rings. The van der Waals surface area contributed by atoms with Gasteiger partial charge in [0.2, 0.25) is 10.0 Å². The first-order valence-corrected chi connectivity index (χ1v) is 7.19. The Balaban J connectivity index is 2.14. The number of nitrogens with one attached hydrogen (secondary N) is 1. The lowest BCUT2D eigenvalue weighted by Gasteiger charge is -2.02. The lowest BCUT2D eigenvalue weighted by atomic mass is 10.5. The Morgan fingerprint density at radius 1 is 1.67 bits per heavy atom. The van der Waals surface area contributed by atoms with Crippen molar-refractivity contribution in [1.82, 2.24) is 4.72 Å². The summed E-state index contributed by atoms with van der Waals surface area (Å²) in [6.07, 6.45) is 0.938. The van der Waals surface area contributed by atoms with Crippen molar-refractivity contribution in [2.45, 2.75) is 30.8 Å². The first kappa shape index (κ1) is 11.1. The summed E-state index contributed by atoms with van der Waals surface area (Å²) in [5, 5.41) is 1.64. The molecule has 0 saturated heterocycles. The molecule has 0 aliphatic heterocycles. The lowest BCUT2D eigenvalue weighted by Crippen LogP contribution is -2.26. The van der Waals surface area contributed by atoms with Gasteiger partial charge in [-0.1, -0.05) is 6.92 Å². The molecule has 2 rings (SSSR count). The van der Waals surface area contributed by atoms with Crippen molar-refractivity contribution in [2.75, 3.05) is 0 Å². The van der Waals surface area contributed by atoms with Crippen LogP contribution in [0, 0.1) is 5.92 Å². The second-order valence-corrected chi connectivity index (χ2v) is 6.60. The Morgan fingerprint density at radius 2 is 2.33 bits per heavy atom. The number of hydrogen-bond donors (Lipinski definition) is 2. The number of thiophene rings is 1. The normalized spacial score (nSPS) is 25.5. The standard InChI is InChI=1S/C9H14N2O2S2/c1-6-2-9(6)11-15(12,13)8-3-7(4-10)14-5-8/h3,5-6,9,11H,2,4,10H2,1H3. The quantitative estimate of drug-likeness (QED) is 0.829. The molecule has 1 saturated carbocycles. The number of nitrogens with two attached hydrogens (primary N) is 1. The Labute approximate surface area is 93.5 Å². The van der Waals surface area contributed by atoms with Crippen molar-refractivity contribution < 1.29 is 8.42 Å². The molecule has 0 spiro atoms. The van der Waals surface area contributed by atoms with Crippen LogP contribution in [0.1, 0.15) is 18.2 Å². The number of hydrogen-bond acceptors (Lipinski definition) is 4. The number of rotatable bonds is 4. The van der Waals surface area contributed by atoms with Gasteiger partial charge in [0.15, 0.2) is 0 Å². The first-order chi connectivity index (χ1) is 7.03. The summed E-state index contributed by atoms with van der Waals surface area (Å²) in [4.78, 5) is 1.23. The molecule has 3 N–H and O–H groups in total. The monoisotopic (exact) mass is 246 g/mol. The predicted octanol–water partition coefficient (Wildman–Crippen LogP) is 0.894. The zero-order valence-electron chi connectivity index (χ0n) is 8.43. The van der Waals surface area contributed by atoms with Crippen LogP contribution in [0.25, 0.3) is 0 Å². The van der Waals surface area contributed by atoms with E-state index in [2.05, 4.69) is 4.72 Å². The van der Waals surface area contributed by atoms with Crippen LogP contribution in [0.5, 0.6) is 0 Å². The van der Waals surface area contributed by atoms with Gasteiger partial charge in [0.1, 0.15) is 0 Å². The van der Waals surface area contributed by atoms with Crippen molar-refractivity contribution in [3.05, 3.63) is 16.3 Å². The lowest BCUT2D eigenvalue weighted by molar-refractivity contribution is 0.578. The Bertz CT molecular complexity index is 452. The molecule has 4 nitrogen and oxygen atoms in total. The van der Waals surface area contributed by atoms with Crippen molar-refractivity contribution >= 4 is 21.4 Å². The molecule has 84 valence electrons. The fraction of sp³-hybridized carbons (Fsp3) is 0.556. The smallest absolute Gasteiger partial charge is 0.241 e. The third kappa shape index (κ3) is 2.39. The van der Waals surface area contributed by atoms with Gasteiger partial charge in [-0.15, -0.1) is 11.3 Å². The second kappa shape index (κ2) is 3.86. The highest BCUT2D eigenvalue weighted by molar-refractivity contribution is 7.89. The van der Waals surface area contributed by atoms with Gasteiger partial charge in [-0.25, -0.2) is 13.1 Å². The molecule has 0 amide bonds. The summed E-state index contributed by atoms with van der Waals surface area (Å²) >= 11 is 1.38. The van der Waals surface area contributed by atoms with Crippen LogP contribution in [0.4, 0.5) is 0 Å². The zero-order valence-corrected chi connectivity index (χ0v) is 10.1. The maximum absolute atomic E-state index is 11.8. The van der Waals surface area contributed by atoms with E-state index >= 15 is 0 Å². The van der Waals surface area contributed by atoms with Crippen LogP contribution >= 0.6 is 11.3 Å². The Kier molecular flexibility index (Phi) is 2.85. The maximum Gasteiger partial charge on any atom is 0.241 e. The summed E-state index contributed by atoms with van der Waals surface area (Å²) in [7, 11) is -3.31. The largest absolute Gasteiger partial charge is 0.326 e. The van der Waals surface area contributed by atoms with Gasteiger partial charge in [0, 0.05) is 22.8 Å². The molecule has 1 aromatic rings. The molecule has 2 atom stereocenters. The van der Waals surface area contributed by atoms with Gasteiger partial charge in [0.05, 0.1) is 4.90 Å². The van der Waals surface area contributed by atoms with E-state index in [0.29, 0.717) is 17.4 Å². The minimum Gasteiger partial charge on any atom is -0.326 e. The van der Waals surface area contributed by atoms with E-state index in [1.807, 2.05) is 6.92 Å². The van der Waals surface area contributed by atoms with Crippen LogP contribution in [-0.4, -0.2) is 14.5 Å². The molecule has 0 bridgehead atoms.